The number of hydrogen-bond donors (Lipinski definition) is 2. The van der Waals surface area contributed by atoms with Gasteiger partial charge in [0.2, 0.25) is 0 Å². The first-order valence-electron chi connectivity index (χ1n) is 6.25. The van der Waals surface area contributed by atoms with Crippen LogP contribution in [0.2, 0.25) is 0 Å². The second kappa shape index (κ2) is 18.7. The summed E-state index contributed by atoms with van der Waals surface area (Å²) in [6.07, 6.45) is 2.19. The summed E-state index contributed by atoms with van der Waals surface area (Å²) >= 11 is 0. The second-order valence-electron chi connectivity index (χ2n) is 2.64. The van der Waals surface area contributed by atoms with Crippen LogP contribution in [-0.2, 0) is 0 Å². The molecule has 0 aromatic carbocycles. The largest absolute Gasteiger partial charge is 0.326 e. The molecule has 2 nitrogen and oxygen atoms in total. The van der Waals surface area contributed by atoms with Crippen LogP contribution in [0.5, 0.6) is 0 Å². The summed E-state index contributed by atoms with van der Waals surface area (Å²) in [5.41, 5.74) is 5.85. The van der Waals surface area contributed by atoms with Gasteiger partial charge in [-0.3, -0.25) is 0 Å². The molecule has 0 saturated heterocycles. The Morgan fingerprint density at radius 1 is 0.929 bits per heavy atom. The lowest BCUT2D eigenvalue weighted by molar-refractivity contribution is 0.418. The molecular weight excluding hydrogens is 172 g/mol. The predicted octanol–water partition coefficient (Wildman–Crippen LogP) is 3.16. The highest BCUT2D eigenvalue weighted by Crippen LogP contribution is 1.98. The van der Waals surface area contributed by atoms with E-state index in [1.807, 2.05) is 27.7 Å². The number of nitrogens with one attached hydrogen (secondary N) is 1. The van der Waals surface area contributed by atoms with Crippen LogP contribution in [0, 0.1) is 0 Å². The van der Waals surface area contributed by atoms with Gasteiger partial charge in [-0.05, 0) is 19.4 Å². The van der Waals surface area contributed by atoms with E-state index in [1.54, 1.807) is 0 Å². The molecule has 0 aliphatic rings. The zero-order chi connectivity index (χ0) is 12.0. The van der Waals surface area contributed by atoms with Gasteiger partial charge in [0.25, 0.3) is 0 Å². The zero-order valence-electron chi connectivity index (χ0n) is 11.4. The van der Waals surface area contributed by atoms with E-state index in [9.17, 15) is 0 Å². The summed E-state index contributed by atoms with van der Waals surface area (Å²) in [5.74, 6) is 0. The van der Waals surface area contributed by atoms with Crippen LogP contribution in [0.25, 0.3) is 0 Å². The predicted molar refractivity (Wildman–Crippen MR) is 68.7 cm³/mol. The Hall–Kier alpha value is -0.0800. The molecule has 2 heteroatoms. The van der Waals surface area contributed by atoms with Gasteiger partial charge in [0, 0.05) is 12.1 Å². The van der Waals surface area contributed by atoms with Crippen molar-refractivity contribution in [3.8, 4) is 0 Å². The molecular formula is C12H32N2. The van der Waals surface area contributed by atoms with Gasteiger partial charge in [-0.1, -0.05) is 48.5 Å². The maximum absolute atomic E-state index is 5.85. The van der Waals surface area contributed by atoms with Gasteiger partial charge in [0.15, 0.2) is 0 Å². The Kier molecular flexibility index (Phi) is 26.0. The third-order valence-corrected chi connectivity index (χ3v) is 1.89. The molecule has 0 radical (unpaired) electrons. The molecule has 0 spiro atoms. The number of rotatable bonds is 5. The molecule has 0 aromatic heterocycles. The van der Waals surface area contributed by atoms with Gasteiger partial charge in [-0.25, -0.2) is 0 Å². The lowest BCUT2D eigenvalue weighted by Gasteiger charge is -2.21. The molecule has 0 bridgehead atoms. The van der Waals surface area contributed by atoms with Gasteiger partial charge < -0.3 is 11.1 Å². The van der Waals surface area contributed by atoms with Crippen molar-refractivity contribution in [3.05, 3.63) is 0 Å². The highest BCUT2D eigenvalue weighted by atomic mass is 14.9. The van der Waals surface area contributed by atoms with Gasteiger partial charge in [0.05, 0.1) is 0 Å². The van der Waals surface area contributed by atoms with Crippen LogP contribution in [0.1, 0.15) is 61.3 Å². The van der Waals surface area contributed by atoms with Crippen molar-refractivity contribution in [2.75, 3.05) is 6.54 Å². The van der Waals surface area contributed by atoms with Crippen LogP contribution in [-0.4, -0.2) is 18.6 Å². The Bertz CT molecular complexity index is 74.7. The first kappa shape index (κ1) is 19.5. The Balaban J connectivity index is -0.000000266. The van der Waals surface area contributed by atoms with Crippen LogP contribution < -0.4 is 11.1 Å². The summed E-state index contributed by atoms with van der Waals surface area (Å²) < 4.78 is 0. The summed E-state index contributed by atoms with van der Waals surface area (Å²) in [6.45, 7) is 15.4. The van der Waals surface area contributed by atoms with E-state index in [-0.39, 0.29) is 0 Å². The van der Waals surface area contributed by atoms with E-state index in [4.69, 9.17) is 5.73 Å². The molecule has 3 N–H and O–H groups in total. The van der Waals surface area contributed by atoms with Crippen molar-refractivity contribution in [1.29, 1.82) is 0 Å². The first-order valence-corrected chi connectivity index (χ1v) is 6.25. The highest BCUT2D eigenvalue weighted by molar-refractivity contribution is 4.75. The first-order chi connectivity index (χ1) is 6.76. The Labute approximate surface area is 91.7 Å². The van der Waals surface area contributed by atoms with Crippen molar-refractivity contribution in [2.45, 2.75) is 73.4 Å². The summed E-state index contributed by atoms with van der Waals surface area (Å²) in [6, 6.07) is 0.833. The smallest absolute Gasteiger partial charge is 0.0216 e. The molecule has 0 saturated carbocycles. The summed E-state index contributed by atoms with van der Waals surface area (Å²) in [4.78, 5) is 0. The highest BCUT2D eigenvalue weighted by Gasteiger charge is 2.11. The van der Waals surface area contributed by atoms with Gasteiger partial charge in [-0.15, -0.1) is 0 Å². The standard InChI is InChI=1S/C8H20N2.2C2H6/c1-4-7(9)8(5-2)10-6-3;2*1-2/h7-8,10H,4-6,9H2,1-3H3;2*1-2H3. The second-order valence-corrected chi connectivity index (χ2v) is 2.64. The van der Waals surface area contributed by atoms with E-state index in [1.165, 1.54) is 0 Å². The van der Waals surface area contributed by atoms with Gasteiger partial charge >= 0.3 is 0 Å². The lowest BCUT2D eigenvalue weighted by Crippen LogP contribution is -2.44. The molecule has 0 aliphatic carbocycles. The molecule has 0 aromatic rings. The molecule has 0 heterocycles. The van der Waals surface area contributed by atoms with E-state index >= 15 is 0 Å². The molecule has 2 atom stereocenters. The fourth-order valence-electron chi connectivity index (χ4n) is 1.15. The number of likely N-dealkylation sites (N-methyl/N-ethyl adjacent to an activating group) is 1. The van der Waals surface area contributed by atoms with Crippen molar-refractivity contribution < 1.29 is 0 Å². The van der Waals surface area contributed by atoms with Crippen molar-refractivity contribution in [2.24, 2.45) is 5.73 Å². The minimum Gasteiger partial charge on any atom is -0.326 e. The third kappa shape index (κ3) is 11.9. The molecule has 0 aliphatic heterocycles. The lowest BCUT2D eigenvalue weighted by atomic mass is 10.0. The maximum Gasteiger partial charge on any atom is 0.0216 e. The van der Waals surface area contributed by atoms with Crippen molar-refractivity contribution in [3.63, 3.8) is 0 Å². The molecule has 14 heavy (non-hydrogen) atoms. The molecule has 2 unspecified atom stereocenters. The summed E-state index contributed by atoms with van der Waals surface area (Å²) in [7, 11) is 0. The van der Waals surface area contributed by atoms with Crippen LogP contribution in [0.3, 0.4) is 0 Å². The van der Waals surface area contributed by atoms with E-state index < -0.39 is 0 Å². The molecule has 90 valence electrons. The topological polar surface area (TPSA) is 38.0 Å². The van der Waals surface area contributed by atoms with Gasteiger partial charge in [-0.2, -0.15) is 0 Å². The van der Waals surface area contributed by atoms with Crippen molar-refractivity contribution in [1.82, 2.24) is 5.32 Å². The van der Waals surface area contributed by atoms with E-state index in [2.05, 4.69) is 26.1 Å². The average molecular weight is 204 g/mol. The monoisotopic (exact) mass is 204 g/mol. The van der Waals surface area contributed by atoms with Crippen LogP contribution in [0.15, 0.2) is 0 Å². The quantitative estimate of drug-likeness (QED) is 0.722. The molecule has 0 amide bonds. The molecule has 0 rings (SSSR count). The maximum atomic E-state index is 5.85. The SMILES string of the molecule is CC.CC.CCNC(CC)C(N)CC. The van der Waals surface area contributed by atoms with Crippen LogP contribution in [0.4, 0.5) is 0 Å². The third-order valence-electron chi connectivity index (χ3n) is 1.89. The average Bonchev–Trinajstić information content (AvgIpc) is 2.30. The number of hydrogen-bond acceptors (Lipinski definition) is 2. The van der Waals surface area contributed by atoms with Crippen LogP contribution >= 0.6 is 0 Å². The number of nitrogens with two attached hydrogens (primary N) is 1. The van der Waals surface area contributed by atoms with E-state index in [0.29, 0.717) is 12.1 Å². The fourth-order valence-corrected chi connectivity index (χ4v) is 1.15. The van der Waals surface area contributed by atoms with E-state index in [0.717, 1.165) is 19.4 Å². The Morgan fingerprint density at radius 2 is 1.36 bits per heavy atom. The summed E-state index contributed by atoms with van der Waals surface area (Å²) in [5, 5.41) is 3.36. The Morgan fingerprint density at radius 3 is 1.57 bits per heavy atom. The minimum absolute atomic E-state index is 0.324. The molecule has 0 fully saturated rings. The van der Waals surface area contributed by atoms with Crippen molar-refractivity contribution >= 4 is 0 Å². The fraction of sp³-hybridized carbons (Fsp3) is 1.00. The minimum atomic E-state index is 0.324. The zero-order valence-corrected chi connectivity index (χ0v) is 11.4. The normalized spacial score (nSPS) is 12.9. The van der Waals surface area contributed by atoms with Gasteiger partial charge in [0.1, 0.15) is 0 Å².